The van der Waals surface area contributed by atoms with Crippen LogP contribution in [0.5, 0.6) is 0 Å². The van der Waals surface area contributed by atoms with E-state index >= 15 is 0 Å². The Hall–Kier alpha value is -0.120. The van der Waals surface area contributed by atoms with Crippen LogP contribution in [0.25, 0.3) is 0 Å². The maximum atomic E-state index is 8.33. The van der Waals surface area contributed by atoms with Gasteiger partial charge in [0.05, 0.1) is 25.7 Å². The summed E-state index contributed by atoms with van der Waals surface area (Å²) in [5, 5.41) is 16.7. The van der Waals surface area contributed by atoms with Crippen molar-refractivity contribution in [2.24, 2.45) is 5.92 Å². The zero-order valence-electron chi connectivity index (χ0n) is 4.30. The maximum Gasteiger partial charge on any atom is 0.0813 e. The zero-order valence-corrected chi connectivity index (χ0v) is 4.30. The van der Waals surface area contributed by atoms with Gasteiger partial charge in [-0.2, -0.15) is 0 Å². The Morgan fingerprint density at radius 3 is 1.71 bits per heavy atom. The van der Waals surface area contributed by atoms with E-state index in [1.54, 1.807) is 0 Å². The van der Waals surface area contributed by atoms with E-state index in [0.29, 0.717) is 6.54 Å². The van der Waals surface area contributed by atoms with Gasteiger partial charge in [-0.3, -0.25) is 0 Å². The summed E-state index contributed by atoms with van der Waals surface area (Å²) in [7, 11) is 0. The molecule has 0 fully saturated rings. The molecule has 0 unspecified atom stereocenters. The lowest BCUT2D eigenvalue weighted by Gasteiger charge is -2.01. The molecule has 0 heterocycles. The van der Waals surface area contributed by atoms with Crippen molar-refractivity contribution < 1.29 is 15.9 Å². The number of rotatable bonds is 3. The van der Waals surface area contributed by atoms with Crippen molar-refractivity contribution in [1.29, 1.82) is 0 Å². The molecule has 3 heteroatoms. The normalized spacial score (nSPS) is 10.3. The molecule has 0 radical (unpaired) electrons. The monoisotopic (exact) mass is 106 g/mol. The fourth-order valence-electron chi connectivity index (χ4n) is 0.240. The number of hydrogen-bond donors (Lipinski definition) is 3. The third-order valence-electron chi connectivity index (χ3n) is 0.925. The van der Waals surface area contributed by atoms with Gasteiger partial charge in [-0.15, -0.1) is 0 Å². The van der Waals surface area contributed by atoms with Crippen molar-refractivity contribution in [1.82, 2.24) is 0 Å². The van der Waals surface area contributed by atoms with Crippen molar-refractivity contribution in [3.63, 3.8) is 0 Å². The summed E-state index contributed by atoms with van der Waals surface area (Å²) >= 11 is 0. The molecule has 0 saturated carbocycles. The average molecular weight is 106 g/mol. The molecule has 0 aliphatic carbocycles. The topological polar surface area (TPSA) is 68.1 Å². The highest BCUT2D eigenvalue weighted by atomic mass is 16.3. The van der Waals surface area contributed by atoms with Gasteiger partial charge >= 0.3 is 0 Å². The van der Waals surface area contributed by atoms with Crippen LogP contribution < -0.4 is 5.73 Å². The minimum Gasteiger partial charge on any atom is -0.396 e. The second kappa shape index (κ2) is 4.05. The maximum absolute atomic E-state index is 8.33. The van der Waals surface area contributed by atoms with Gasteiger partial charge in [0.15, 0.2) is 0 Å². The van der Waals surface area contributed by atoms with E-state index < -0.39 is 0 Å². The van der Waals surface area contributed by atoms with E-state index in [0.717, 1.165) is 0 Å². The van der Waals surface area contributed by atoms with Gasteiger partial charge in [-0.1, -0.05) is 0 Å². The van der Waals surface area contributed by atoms with Gasteiger partial charge in [0.25, 0.3) is 0 Å². The summed E-state index contributed by atoms with van der Waals surface area (Å²) in [5.74, 6) is -0.0139. The molecule has 0 rings (SSSR count). The Kier molecular flexibility index (Phi) is 3.98. The summed E-state index contributed by atoms with van der Waals surface area (Å²) in [6.45, 7) is 0.688. The number of aliphatic hydroxyl groups is 2. The molecule has 0 amide bonds. The molecule has 0 aromatic heterocycles. The van der Waals surface area contributed by atoms with Crippen molar-refractivity contribution in [2.75, 3.05) is 19.8 Å². The minimum absolute atomic E-state index is 0.0139. The van der Waals surface area contributed by atoms with E-state index in [9.17, 15) is 0 Å². The third kappa shape index (κ3) is 2.56. The predicted molar refractivity (Wildman–Crippen MR) is 25.4 cm³/mol. The summed E-state index contributed by atoms with van der Waals surface area (Å²) in [5.41, 5.74) is 3.51. The van der Waals surface area contributed by atoms with Crippen LogP contribution >= 0.6 is 0 Å². The van der Waals surface area contributed by atoms with Crippen LogP contribution in [0.3, 0.4) is 0 Å². The molecular formula is C4H12NO2+. The van der Waals surface area contributed by atoms with E-state index in [2.05, 4.69) is 5.73 Å². The van der Waals surface area contributed by atoms with Crippen molar-refractivity contribution >= 4 is 0 Å². The molecule has 0 spiro atoms. The standard InChI is InChI=1S/C4H11NO2/c5-1-4(2-6)3-7/h4,6-7H,1-3,5H2/p+1. The molecule has 0 aliphatic heterocycles. The third-order valence-corrected chi connectivity index (χ3v) is 0.925. The smallest absolute Gasteiger partial charge is 0.0813 e. The molecule has 7 heavy (non-hydrogen) atoms. The molecule has 0 saturated heterocycles. The highest BCUT2D eigenvalue weighted by molar-refractivity contribution is 4.48. The molecule has 0 aromatic carbocycles. The SMILES string of the molecule is [NH3+]CC(CO)CO. The van der Waals surface area contributed by atoms with Gasteiger partial charge in [0, 0.05) is 0 Å². The Labute approximate surface area is 42.8 Å². The van der Waals surface area contributed by atoms with Crippen molar-refractivity contribution in [3.8, 4) is 0 Å². The van der Waals surface area contributed by atoms with E-state index in [4.69, 9.17) is 10.2 Å². The van der Waals surface area contributed by atoms with Gasteiger partial charge in [-0.05, 0) is 0 Å². The van der Waals surface area contributed by atoms with E-state index in [1.807, 2.05) is 0 Å². The Bertz CT molecular complexity index is 31.2. The van der Waals surface area contributed by atoms with Crippen LogP contribution in [0.1, 0.15) is 0 Å². The highest BCUT2D eigenvalue weighted by Gasteiger charge is 2.02. The number of aliphatic hydroxyl groups excluding tert-OH is 2. The second-order valence-electron chi connectivity index (χ2n) is 1.52. The van der Waals surface area contributed by atoms with Crippen LogP contribution in [0.4, 0.5) is 0 Å². The van der Waals surface area contributed by atoms with Crippen LogP contribution in [0.2, 0.25) is 0 Å². The van der Waals surface area contributed by atoms with Gasteiger partial charge < -0.3 is 15.9 Å². The summed E-state index contributed by atoms with van der Waals surface area (Å²) < 4.78 is 0. The fourth-order valence-corrected chi connectivity index (χ4v) is 0.240. The average Bonchev–Trinajstić information content (AvgIpc) is 1.72. The van der Waals surface area contributed by atoms with Gasteiger partial charge in [0.2, 0.25) is 0 Å². The molecular weight excluding hydrogens is 94.0 g/mol. The summed E-state index contributed by atoms with van der Waals surface area (Å²) in [4.78, 5) is 0. The first-order valence-corrected chi connectivity index (χ1v) is 2.36. The first kappa shape index (κ1) is 6.88. The molecule has 0 bridgehead atoms. The van der Waals surface area contributed by atoms with E-state index in [-0.39, 0.29) is 19.1 Å². The van der Waals surface area contributed by atoms with Gasteiger partial charge in [0.1, 0.15) is 0 Å². The molecule has 0 aromatic rings. The lowest BCUT2D eigenvalue weighted by Crippen LogP contribution is -2.55. The van der Waals surface area contributed by atoms with Gasteiger partial charge in [-0.25, -0.2) is 0 Å². The molecule has 0 atom stereocenters. The molecule has 0 aliphatic rings. The Balaban J connectivity index is 2.99. The van der Waals surface area contributed by atoms with Crippen LogP contribution in [-0.4, -0.2) is 30.0 Å². The molecule has 44 valence electrons. The highest BCUT2D eigenvalue weighted by Crippen LogP contribution is 1.84. The zero-order chi connectivity index (χ0) is 5.70. The summed E-state index contributed by atoms with van der Waals surface area (Å²) in [6.07, 6.45) is 0. The van der Waals surface area contributed by atoms with Crippen molar-refractivity contribution in [2.45, 2.75) is 0 Å². The number of hydrogen-bond acceptors (Lipinski definition) is 2. The predicted octanol–water partition coefficient (Wildman–Crippen LogP) is -2.17. The fraction of sp³-hybridized carbons (Fsp3) is 1.00. The first-order valence-electron chi connectivity index (χ1n) is 2.36. The Morgan fingerprint density at radius 1 is 1.29 bits per heavy atom. The quantitative estimate of drug-likeness (QED) is 0.383. The van der Waals surface area contributed by atoms with Crippen LogP contribution in [0.15, 0.2) is 0 Å². The second-order valence-corrected chi connectivity index (χ2v) is 1.52. The lowest BCUT2D eigenvalue weighted by atomic mass is 10.2. The molecule has 3 nitrogen and oxygen atoms in total. The summed E-state index contributed by atoms with van der Waals surface area (Å²) in [6, 6.07) is 0. The van der Waals surface area contributed by atoms with Crippen molar-refractivity contribution in [3.05, 3.63) is 0 Å². The van der Waals surface area contributed by atoms with Crippen LogP contribution in [0, 0.1) is 5.92 Å². The van der Waals surface area contributed by atoms with Crippen LogP contribution in [-0.2, 0) is 0 Å². The lowest BCUT2D eigenvalue weighted by molar-refractivity contribution is -0.381. The minimum atomic E-state index is -0.0139. The number of quaternary nitrogens is 1. The largest absolute Gasteiger partial charge is 0.396 e. The molecule has 5 N–H and O–H groups in total. The Morgan fingerprint density at radius 2 is 1.71 bits per heavy atom. The first-order chi connectivity index (χ1) is 3.35. The van der Waals surface area contributed by atoms with E-state index in [1.165, 1.54) is 0 Å².